The van der Waals surface area contributed by atoms with Crippen molar-refractivity contribution in [1.29, 1.82) is 0 Å². The number of nitrogens with one attached hydrogen (secondary N) is 1. The summed E-state index contributed by atoms with van der Waals surface area (Å²) in [7, 11) is 0. The molecule has 0 radical (unpaired) electrons. The second-order valence-corrected chi connectivity index (χ2v) is 10.2. The molecule has 194 valence electrons. The third-order valence-corrected chi connectivity index (χ3v) is 6.44. The third-order valence-electron chi connectivity index (χ3n) is 6.44. The Morgan fingerprint density at radius 1 is 1.08 bits per heavy atom. The Kier molecular flexibility index (Phi) is 7.38. The summed E-state index contributed by atoms with van der Waals surface area (Å²) in [5.74, 6) is -0.852. The van der Waals surface area contributed by atoms with Gasteiger partial charge in [-0.05, 0) is 58.6 Å². The van der Waals surface area contributed by atoms with Crippen molar-refractivity contribution in [2.24, 2.45) is 5.92 Å². The lowest BCUT2D eigenvalue weighted by atomic mass is 9.88. The fourth-order valence-corrected chi connectivity index (χ4v) is 4.45. The van der Waals surface area contributed by atoms with Crippen molar-refractivity contribution < 1.29 is 23.4 Å². The molecule has 7 nitrogen and oxygen atoms in total. The highest BCUT2D eigenvalue weighted by molar-refractivity contribution is 5.80. The number of pyridine rings is 1. The van der Waals surface area contributed by atoms with Crippen LogP contribution in [0, 0.1) is 17.6 Å². The Morgan fingerprint density at radius 2 is 1.78 bits per heavy atom. The molecule has 3 aromatic rings. The lowest BCUT2D eigenvalue weighted by Crippen LogP contribution is -2.36. The second-order valence-electron chi connectivity index (χ2n) is 10.2. The first kappa shape index (κ1) is 26.1. The average molecular weight is 504 g/mol. The summed E-state index contributed by atoms with van der Waals surface area (Å²) >= 11 is 0. The lowest BCUT2D eigenvalue weighted by molar-refractivity contribution is -0.0516. The molecule has 0 aliphatic carbocycles. The number of rotatable bonds is 7. The molecule has 1 saturated heterocycles. The van der Waals surface area contributed by atoms with Gasteiger partial charge in [0.1, 0.15) is 29.4 Å². The quantitative estimate of drug-likeness (QED) is 0.424. The van der Waals surface area contributed by atoms with Crippen LogP contribution in [0.1, 0.15) is 64.1 Å². The van der Waals surface area contributed by atoms with Crippen LogP contribution >= 0.6 is 0 Å². The van der Waals surface area contributed by atoms with Gasteiger partial charge in [0.05, 0.1) is 23.0 Å². The van der Waals surface area contributed by atoms with Crippen molar-refractivity contribution in [3.05, 3.63) is 53.4 Å². The second kappa shape index (κ2) is 10.2. The molecule has 2 aromatic heterocycles. The van der Waals surface area contributed by atoms with E-state index >= 15 is 4.39 Å². The number of fused-ring (bicyclic) bond motifs is 1. The van der Waals surface area contributed by atoms with Crippen LogP contribution in [0.4, 0.5) is 24.8 Å². The minimum atomic E-state index is -1.53. The molecule has 0 saturated carbocycles. The molecule has 2 unspecified atom stereocenters. The van der Waals surface area contributed by atoms with E-state index in [1.165, 1.54) is 26.1 Å². The average Bonchev–Trinajstić information content (AvgIpc) is 2.81. The minimum Gasteiger partial charge on any atom is -0.387 e. The minimum absolute atomic E-state index is 0.0777. The fourth-order valence-electron chi connectivity index (χ4n) is 4.45. The van der Waals surface area contributed by atoms with E-state index in [9.17, 15) is 19.0 Å². The van der Waals surface area contributed by atoms with E-state index in [1.54, 1.807) is 6.07 Å². The number of alkyl halides is 1. The van der Waals surface area contributed by atoms with Gasteiger partial charge >= 0.3 is 0 Å². The number of hydrogen-bond donors (Lipinski definition) is 3. The van der Waals surface area contributed by atoms with Crippen LogP contribution in [0.25, 0.3) is 11.0 Å². The molecule has 1 aliphatic heterocycles. The van der Waals surface area contributed by atoms with Gasteiger partial charge in [0.2, 0.25) is 0 Å². The molecule has 1 aromatic carbocycles. The summed E-state index contributed by atoms with van der Waals surface area (Å²) in [5.41, 5.74) is -0.191. The maximum atomic E-state index is 15.1. The first-order chi connectivity index (χ1) is 16.9. The number of nitrogens with zero attached hydrogens (tertiary/aromatic N) is 4. The number of aliphatic hydroxyl groups is 2. The van der Waals surface area contributed by atoms with Crippen LogP contribution in [-0.2, 0) is 0 Å². The summed E-state index contributed by atoms with van der Waals surface area (Å²) < 4.78 is 42.5. The first-order valence-corrected chi connectivity index (χ1v) is 12.1. The van der Waals surface area contributed by atoms with E-state index in [0.29, 0.717) is 54.7 Å². The van der Waals surface area contributed by atoms with Gasteiger partial charge in [0, 0.05) is 30.8 Å². The van der Waals surface area contributed by atoms with Crippen molar-refractivity contribution in [3.8, 4) is 0 Å². The Hall–Kier alpha value is -2.98. The Labute approximate surface area is 208 Å². The zero-order chi connectivity index (χ0) is 26.2. The molecule has 0 bridgehead atoms. The van der Waals surface area contributed by atoms with Crippen LogP contribution in [-0.4, -0.2) is 49.9 Å². The van der Waals surface area contributed by atoms with E-state index < -0.39 is 35.4 Å². The van der Waals surface area contributed by atoms with Crippen LogP contribution < -0.4 is 10.2 Å². The molecule has 2 atom stereocenters. The van der Waals surface area contributed by atoms with E-state index in [0.717, 1.165) is 6.07 Å². The highest BCUT2D eigenvalue weighted by Crippen LogP contribution is 2.37. The molecule has 0 spiro atoms. The van der Waals surface area contributed by atoms with E-state index in [-0.39, 0.29) is 17.3 Å². The number of piperidine rings is 1. The molecular formula is C26H32F3N5O2. The normalized spacial score (nSPS) is 17.0. The number of aromatic nitrogens is 3. The van der Waals surface area contributed by atoms with Gasteiger partial charge < -0.3 is 20.4 Å². The third kappa shape index (κ3) is 5.54. The molecule has 3 heterocycles. The topological polar surface area (TPSA) is 94.4 Å². The van der Waals surface area contributed by atoms with Gasteiger partial charge in [-0.2, -0.15) is 0 Å². The number of anilines is 2. The highest BCUT2D eigenvalue weighted by Gasteiger charge is 2.32. The van der Waals surface area contributed by atoms with Crippen LogP contribution in [0.15, 0.2) is 30.5 Å². The summed E-state index contributed by atoms with van der Waals surface area (Å²) in [5, 5.41) is 23.9. The lowest BCUT2D eigenvalue weighted by Gasteiger charge is -2.35. The standard InChI is InChI=1S/C26H32F3N5O2/c1-14(2)31-24-25(33-19-12-20(23(35)26(3,4)36)30-13-21(19)32-24)34-9-7-15(8-10-34)22(29)17-6-5-16(27)11-18(17)28/h5-6,11-15,22-23,35-36H,7-10H2,1-4H3,(H,31,32). The summed E-state index contributed by atoms with van der Waals surface area (Å²) in [6.07, 6.45) is -0.306. The van der Waals surface area contributed by atoms with E-state index in [2.05, 4.69) is 10.3 Å². The molecule has 0 amide bonds. The molecule has 3 N–H and O–H groups in total. The molecular weight excluding hydrogens is 471 g/mol. The predicted molar refractivity (Wildman–Crippen MR) is 132 cm³/mol. The van der Waals surface area contributed by atoms with Gasteiger partial charge in [0.25, 0.3) is 0 Å². The number of aliphatic hydroxyl groups excluding tert-OH is 1. The maximum Gasteiger partial charge on any atom is 0.172 e. The molecule has 1 aliphatic rings. The van der Waals surface area contributed by atoms with E-state index in [4.69, 9.17) is 9.97 Å². The van der Waals surface area contributed by atoms with Gasteiger partial charge in [0.15, 0.2) is 11.6 Å². The predicted octanol–water partition coefficient (Wildman–Crippen LogP) is 4.85. The highest BCUT2D eigenvalue weighted by atomic mass is 19.1. The molecule has 1 fully saturated rings. The van der Waals surface area contributed by atoms with Crippen LogP contribution in [0.2, 0.25) is 0 Å². The van der Waals surface area contributed by atoms with Gasteiger partial charge in [-0.15, -0.1) is 0 Å². The van der Waals surface area contributed by atoms with Crippen LogP contribution in [0.5, 0.6) is 0 Å². The molecule has 10 heteroatoms. The number of benzene rings is 1. The molecule has 4 rings (SSSR count). The Balaban J connectivity index is 1.60. The Bertz CT molecular complexity index is 1230. The largest absolute Gasteiger partial charge is 0.387 e. The summed E-state index contributed by atoms with van der Waals surface area (Å²) in [6, 6.07) is 4.65. The smallest absolute Gasteiger partial charge is 0.172 e. The van der Waals surface area contributed by atoms with Gasteiger partial charge in [-0.3, -0.25) is 4.98 Å². The van der Waals surface area contributed by atoms with Crippen molar-refractivity contribution >= 4 is 22.7 Å². The van der Waals surface area contributed by atoms with E-state index in [1.807, 2.05) is 18.7 Å². The zero-order valence-corrected chi connectivity index (χ0v) is 20.8. The van der Waals surface area contributed by atoms with Crippen molar-refractivity contribution in [2.45, 2.75) is 64.5 Å². The number of halogens is 3. The zero-order valence-electron chi connectivity index (χ0n) is 20.8. The van der Waals surface area contributed by atoms with Crippen molar-refractivity contribution in [3.63, 3.8) is 0 Å². The Morgan fingerprint density at radius 3 is 2.39 bits per heavy atom. The summed E-state index contributed by atoms with van der Waals surface area (Å²) in [6.45, 7) is 7.91. The number of hydrogen-bond acceptors (Lipinski definition) is 7. The fraction of sp³-hybridized carbons (Fsp3) is 0.500. The van der Waals surface area contributed by atoms with Gasteiger partial charge in [-0.25, -0.2) is 23.1 Å². The molecule has 36 heavy (non-hydrogen) atoms. The van der Waals surface area contributed by atoms with Crippen molar-refractivity contribution in [1.82, 2.24) is 15.0 Å². The van der Waals surface area contributed by atoms with Crippen molar-refractivity contribution in [2.75, 3.05) is 23.3 Å². The monoisotopic (exact) mass is 503 g/mol. The SMILES string of the molecule is CC(C)Nc1nc2cnc(C(O)C(C)(C)O)cc2nc1N1CCC(C(F)c2ccc(F)cc2F)CC1. The first-order valence-electron chi connectivity index (χ1n) is 12.1. The van der Waals surface area contributed by atoms with Gasteiger partial charge in [-0.1, -0.05) is 6.07 Å². The van der Waals surface area contributed by atoms with Crippen LogP contribution in [0.3, 0.4) is 0 Å². The maximum absolute atomic E-state index is 15.1. The summed E-state index contributed by atoms with van der Waals surface area (Å²) in [4.78, 5) is 15.8.